The maximum atomic E-state index is 12.9. The molecule has 33 heavy (non-hydrogen) atoms. The number of carbonyl (C=O) groups is 1. The fourth-order valence-electron chi connectivity index (χ4n) is 4.51. The van der Waals surface area contributed by atoms with E-state index < -0.39 is 0 Å². The highest BCUT2D eigenvalue weighted by molar-refractivity contribution is 7.13. The lowest BCUT2D eigenvalue weighted by Crippen LogP contribution is -2.50. The third-order valence-corrected chi connectivity index (χ3v) is 7.18. The Morgan fingerprint density at radius 3 is 2.70 bits per heavy atom. The molecule has 2 saturated heterocycles. The molecule has 0 radical (unpaired) electrons. The summed E-state index contributed by atoms with van der Waals surface area (Å²) < 4.78 is 7.72. The topological polar surface area (TPSA) is 50.6 Å². The zero-order valence-electron chi connectivity index (χ0n) is 18.8. The fraction of sp³-hybridized carbons (Fsp3) is 0.385. The van der Waals surface area contributed by atoms with E-state index >= 15 is 0 Å². The van der Waals surface area contributed by atoms with E-state index in [2.05, 4.69) is 28.5 Å². The number of hydrogen-bond donors (Lipinski definition) is 0. The highest BCUT2D eigenvalue weighted by Crippen LogP contribution is 2.28. The zero-order valence-corrected chi connectivity index (χ0v) is 19.6. The van der Waals surface area contributed by atoms with Gasteiger partial charge in [-0.3, -0.25) is 14.4 Å². The molecule has 7 heteroatoms. The van der Waals surface area contributed by atoms with Crippen LogP contribution in [0.3, 0.4) is 0 Å². The molecule has 2 aromatic heterocycles. The van der Waals surface area contributed by atoms with E-state index in [-0.39, 0.29) is 5.91 Å². The van der Waals surface area contributed by atoms with Crippen molar-refractivity contribution in [3.63, 3.8) is 0 Å². The van der Waals surface area contributed by atoms with Crippen LogP contribution in [0.2, 0.25) is 0 Å². The lowest BCUT2D eigenvalue weighted by molar-refractivity contribution is -0.127. The first-order valence-corrected chi connectivity index (χ1v) is 12.6. The summed E-state index contributed by atoms with van der Waals surface area (Å²) in [5.41, 5.74) is 3.09. The van der Waals surface area contributed by atoms with Gasteiger partial charge in [0.2, 0.25) is 5.91 Å². The molecule has 6 nitrogen and oxygen atoms in total. The largest absolute Gasteiger partial charge is 0.377 e. The standard InChI is InChI=1S/C26H30N4O2S/c31-25(29-14-12-28(13-15-29)20-23-8-4-16-32-23)11-10-22-19-30(18-21-6-2-1-3-7-21)27-26(22)24-9-5-17-33-24/h1-3,5-7,9-11,17,19,23H,4,8,12-16,18,20H2/b11-10+. The van der Waals surface area contributed by atoms with Crippen LogP contribution in [0.4, 0.5) is 0 Å². The molecule has 1 atom stereocenters. The Balaban J connectivity index is 1.24. The minimum Gasteiger partial charge on any atom is -0.377 e. The molecule has 0 N–H and O–H groups in total. The summed E-state index contributed by atoms with van der Waals surface area (Å²) in [6.45, 7) is 5.94. The normalized spacial score (nSPS) is 19.5. The predicted molar refractivity (Wildman–Crippen MR) is 132 cm³/mol. The van der Waals surface area contributed by atoms with Crippen molar-refractivity contribution in [3.05, 3.63) is 71.2 Å². The van der Waals surface area contributed by atoms with Crippen molar-refractivity contribution in [3.8, 4) is 10.6 Å². The van der Waals surface area contributed by atoms with E-state index in [1.54, 1.807) is 17.4 Å². The summed E-state index contributed by atoms with van der Waals surface area (Å²) in [4.78, 5) is 18.4. The Bertz CT molecular complexity index is 1060. The molecule has 2 aliphatic rings. The molecule has 0 spiro atoms. The highest BCUT2D eigenvalue weighted by Gasteiger charge is 2.24. The van der Waals surface area contributed by atoms with Crippen molar-refractivity contribution in [1.29, 1.82) is 0 Å². The summed E-state index contributed by atoms with van der Waals surface area (Å²) in [5, 5.41) is 6.89. The molecule has 2 aliphatic heterocycles. The monoisotopic (exact) mass is 462 g/mol. The number of hydrogen-bond acceptors (Lipinski definition) is 5. The molecule has 1 aromatic carbocycles. The lowest BCUT2D eigenvalue weighted by Gasteiger charge is -2.35. The van der Waals surface area contributed by atoms with Gasteiger partial charge in [0.15, 0.2) is 0 Å². The van der Waals surface area contributed by atoms with E-state index in [4.69, 9.17) is 9.84 Å². The zero-order chi connectivity index (χ0) is 22.5. The predicted octanol–water partition coefficient (Wildman–Crippen LogP) is 4.00. The second kappa shape index (κ2) is 10.5. The van der Waals surface area contributed by atoms with Gasteiger partial charge >= 0.3 is 0 Å². The number of aromatic nitrogens is 2. The number of nitrogens with zero attached hydrogens (tertiary/aromatic N) is 4. The number of piperazine rings is 1. The van der Waals surface area contributed by atoms with Crippen molar-refractivity contribution in [2.24, 2.45) is 0 Å². The number of benzene rings is 1. The van der Waals surface area contributed by atoms with Gasteiger partial charge in [0.05, 0.1) is 17.5 Å². The second-order valence-corrected chi connectivity index (χ2v) is 9.64. The Morgan fingerprint density at radius 2 is 1.97 bits per heavy atom. The van der Waals surface area contributed by atoms with Gasteiger partial charge in [-0.1, -0.05) is 36.4 Å². The van der Waals surface area contributed by atoms with Crippen LogP contribution < -0.4 is 0 Å². The first kappa shape index (κ1) is 22.1. The van der Waals surface area contributed by atoms with Gasteiger partial charge in [0.1, 0.15) is 5.69 Å². The summed E-state index contributed by atoms with van der Waals surface area (Å²) in [7, 11) is 0. The van der Waals surface area contributed by atoms with Crippen LogP contribution in [0, 0.1) is 0 Å². The molecule has 5 rings (SSSR count). The molecular formula is C26H30N4O2S. The van der Waals surface area contributed by atoms with Gasteiger partial charge in [-0.2, -0.15) is 5.10 Å². The maximum absolute atomic E-state index is 12.9. The van der Waals surface area contributed by atoms with E-state index in [1.165, 1.54) is 12.0 Å². The number of rotatable bonds is 7. The van der Waals surface area contributed by atoms with E-state index in [0.717, 1.165) is 61.9 Å². The lowest BCUT2D eigenvalue weighted by atomic mass is 10.2. The number of carbonyl (C=O) groups excluding carboxylic acids is 1. The van der Waals surface area contributed by atoms with Crippen molar-refractivity contribution in [1.82, 2.24) is 19.6 Å². The van der Waals surface area contributed by atoms with Gasteiger partial charge < -0.3 is 9.64 Å². The quantitative estimate of drug-likeness (QED) is 0.498. The second-order valence-electron chi connectivity index (χ2n) is 8.69. The molecule has 2 fully saturated rings. The first-order chi connectivity index (χ1) is 16.2. The molecular weight excluding hydrogens is 432 g/mol. The Morgan fingerprint density at radius 1 is 1.12 bits per heavy atom. The molecule has 172 valence electrons. The van der Waals surface area contributed by atoms with Crippen molar-refractivity contribution < 1.29 is 9.53 Å². The smallest absolute Gasteiger partial charge is 0.246 e. The van der Waals surface area contributed by atoms with Crippen molar-refractivity contribution >= 4 is 23.3 Å². The van der Waals surface area contributed by atoms with Crippen LogP contribution in [-0.4, -0.2) is 70.9 Å². The Kier molecular flexibility index (Phi) is 7.00. The van der Waals surface area contributed by atoms with E-state index in [1.807, 2.05) is 46.1 Å². The molecule has 1 amide bonds. The fourth-order valence-corrected chi connectivity index (χ4v) is 5.24. The molecule has 0 saturated carbocycles. The van der Waals surface area contributed by atoms with Gasteiger partial charge in [-0.25, -0.2) is 0 Å². The number of amides is 1. The summed E-state index contributed by atoms with van der Waals surface area (Å²) >= 11 is 1.66. The third kappa shape index (κ3) is 5.61. The van der Waals surface area contributed by atoms with Gasteiger partial charge in [0, 0.05) is 57.2 Å². The van der Waals surface area contributed by atoms with Crippen LogP contribution in [-0.2, 0) is 16.1 Å². The first-order valence-electron chi connectivity index (χ1n) is 11.7. The summed E-state index contributed by atoms with van der Waals surface area (Å²) in [6, 6.07) is 14.4. The van der Waals surface area contributed by atoms with Gasteiger partial charge in [0.25, 0.3) is 0 Å². The maximum Gasteiger partial charge on any atom is 0.246 e. The number of ether oxygens (including phenoxy) is 1. The van der Waals surface area contributed by atoms with Crippen molar-refractivity contribution in [2.75, 3.05) is 39.3 Å². The van der Waals surface area contributed by atoms with E-state index in [9.17, 15) is 4.79 Å². The number of thiophene rings is 1. The molecule has 0 bridgehead atoms. The SMILES string of the molecule is O=C(/C=C/c1cn(Cc2ccccc2)nc1-c1cccs1)N1CCN(CC2CCCO2)CC1. The molecule has 4 heterocycles. The highest BCUT2D eigenvalue weighted by atomic mass is 32.1. The average Bonchev–Trinajstić information content (AvgIpc) is 3.61. The minimum absolute atomic E-state index is 0.0692. The van der Waals surface area contributed by atoms with Crippen LogP contribution in [0.15, 0.2) is 60.1 Å². The molecule has 3 aromatic rings. The van der Waals surface area contributed by atoms with Gasteiger partial charge in [-0.15, -0.1) is 11.3 Å². The van der Waals surface area contributed by atoms with Crippen LogP contribution in [0.1, 0.15) is 24.0 Å². The third-order valence-electron chi connectivity index (χ3n) is 6.31. The summed E-state index contributed by atoms with van der Waals surface area (Å²) in [5.74, 6) is 0.0692. The molecule has 1 unspecified atom stereocenters. The van der Waals surface area contributed by atoms with Crippen LogP contribution >= 0.6 is 11.3 Å². The Labute approximate surface area is 199 Å². The van der Waals surface area contributed by atoms with Crippen LogP contribution in [0.5, 0.6) is 0 Å². The van der Waals surface area contributed by atoms with Crippen LogP contribution in [0.25, 0.3) is 16.6 Å². The summed E-state index contributed by atoms with van der Waals surface area (Å²) in [6.07, 6.45) is 8.36. The van der Waals surface area contributed by atoms with E-state index in [0.29, 0.717) is 12.6 Å². The van der Waals surface area contributed by atoms with Gasteiger partial charge in [-0.05, 0) is 35.9 Å². The Hall–Kier alpha value is -2.74. The van der Waals surface area contributed by atoms with Crippen molar-refractivity contribution in [2.45, 2.75) is 25.5 Å². The average molecular weight is 463 g/mol. The minimum atomic E-state index is 0.0692. The molecule has 0 aliphatic carbocycles.